The third kappa shape index (κ3) is 2.71. The van der Waals surface area contributed by atoms with Gasteiger partial charge in [-0.3, -0.25) is 4.68 Å². The lowest BCUT2D eigenvalue weighted by molar-refractivity contribution is 0.583. The first-order valence-electron chi connectivity index (χ1n) is 5.21. The molecule has 98 valence electrons. The number of nitrogens with zero attached hydrogens (tertiary/aromatic N) is 2. The van der Waals surface area contributed by atoms with Gasteiger partial charge in [-0.25, -0.2) is 13.1 Å². The molecule has 0 saturated heterocycles. The number of nitrogen functional groups attached to an aromatic ring is 1. The number of rotatable bonds is 4. The zero-order chi connectivity index (χ0) is 13.3. The number of aryl methyl sites for hydroxylation is 2. The highest BCUT2D eigenvalue weighted by Gasteiger charge is 2.16. The highest BCUT2D eigenvalue weighted by molar-refractivity contribution is 7.91. The minimum atomic E-state index is -3.49. The van der Waals surface area contributed by atoms with Gasteiger partial charge in [0, 0.05) is 36.4 Å². The van der Waals surface area contributed by atoms with Gasteiger partial charge in [-0.2, -0.15) is 5.10 Å². The van der Waals surface area contributed by atoms with Gasteiger partial charge in [0.05, 0.1) is 5.69 Å². The maximum Gasteiger partial charge on any atom is 0.250 e. The van der Waals surface area contributed by atoms with Crippen LogP contribution in [-0.2, 0) is 23.6 Å². The topological polar surface area (TPSA) is 90.0 Å². The molecule has 6 nitrogen and oxygen atoms in total. The normalized spacial score (nSPS) is 11.9. The monoisotopic (exact) mass is 286 g/mol. The van der Waals surface area contributed by atoms with Crippen molar-refractivity contribution >= 4 is 27.0 Å². The van der Waals surface area contributed by atoms with Gasteiger partial charge in [-0.15, -0.1) is 11.3 Å². The van der Waals surface area contributed by atoms with Crippen LogP contribution in [0.1, 0.15) is 11.3 Å². The Balaban J connectivity index is 2.13. The Kier molecular flexibility index (Phi) is 3.42. The third-order valence-corrected chi connectivity index (χ3v) is 5.29. The minimum absolute atomic E-state index is 0.222. The molecule has 0 radical (unpaired) electrons. The molecular formula is C10H14N4O2S2. The predicted octanol–water partition coefficient (Wildman–Crippen LogP) is 0.851. The Morgan fingerprint density at radius 2 is 2.28 bits per heavy atom. The van der Waals surface area contributed by atoms with Crippen molar-refractivity contribution in [3.63, 3.8) is 0 Å². The number of aromatic nitrogens is 2. The van der Waals surface area contributed by atoms with Crippen LogP contribution >= 0.6 is 11.3 Å². The summed E-state index contributed by atoms with van der Waals surface area (Å²) in [6.45, 7) is 2.06. The number of hydrogen-bond donors (Lipinski definition) is 2. The van der Waals surface area contributed by atoms with E-state index in [9.17, 15) is 8.42 Å². The zero-order valence-electron chi connectivity index (χ0n) is 10.0. The van der Waals surface area contributed by atoms with E-state index >= 15 is 0 Å². The number of thiophene rings is 1. The largest absolute Gasteiger partial charge is 0.398 e. The van der Waals surface area contributed by atoms with Gasteiger partial charge in [0.1, 0.15) is 4.21 Å². The third-order valence-electron chi connectivity index (χ3n) is 2.43. The van der Waals surface area contributed by atoms with E-state index in [4.69, 9.17) is 5.73 Å². The summed E-state index contributed by atoms with van der Waals surface area (Å²) < 4.78 is 28.3. The van der Waals surface area contributed by atoms with Gasteiger partial charge in [0.15, 0.2) is 0 Å². The van der Waals surface area contributed by atoms with E-state index in [2.05, 4.69) is 9.82 Å². The Hall–Kier alpha value is -1.38. The molecule has 8 heteroatoms. The lowest BCUT2D eigenvalue weighted by Gasteiger charge is -2.03. The molecule has 2 aromatic heterocycles. The van der Waals surface area contributed by atoms with Crippen LogP contribution in [0.25, 0.3) is 0 Å². The summed E-state index contributed by atoms with van der Waals surface area (Å²) in [4.78, 5) is 0. The zero-order valence-corrected chi connectivity index (χ0v) is 11.7. The minimum Gasteiger partial charge on any atom is -0.398 e. The van der Waals surface area contributed by atoms with Crippen molar-refractivity contribution in [2.24, 2.45) is 7.05 Å². The van der Waals surface area contributed by atoms with Gasteiger partial charge in [-0.05, 0) is 13.0 Å². The average Bonchev–Trinajstić information content (AvgIpc) is 2.83. The maximum absolute atomic E-state index is 12.0. The van der Waals surface area contributed by atoms with Crippen LogP contribution in [0.4, 0.5) is 5.69 Å². The molecule has 3 N–H and O–H groups in total. The molecule has 18 heavy (non-hydrogen) atoms. The fourth-order valence-electron chi connectivity index (χ4n) is 1.54. The van der Waals surface area contributed by atoms with Crippen molar-refractivity contribution in [3.8, 4) is 0 Å². The first-order valence-corrected chi connectivity index (χ1v) is 7.57. The molecule has 2 heterocycles. The summed E-state index contributed by atoms with van der Waals surface area (Å²) in [5.74, 6) is 0. The number of nitrogens with two attached hydrogens (primary N) is 1. The quantitative estimate of drug-likeness (QED) is 0.872. The molecule has 0 amide bonds. The number of nitrogens with one attached hydrogen (secondary N) is 1. The van der Waals surface area contributed by atoms with Crippen molar-refractivity contribution in [2.45, 2.75) is 17.7 Å². The average molecular weight is 286 g/mol. The number of sulfonamides is 1. The SMILES string of the molecule is Cc1nn(C)cc1CNS(=O)(=O)c1cc(N)cs1. The van der Waals surface area contributed by atoms with E-state index in [-0.39, 0.29) is 10.8 Å². The predicted molar refractivity (Wildman–Crippen MR) is 70.7 cm³/mol. The fourth-order valence-corrected chi connectivity index (χ4v) is 3.67. The lowest BCUT2D eigenvalue weighted by atomic mass is 10.3. The van der Waals surface area contributed by atoms with Crippen molar-refractivity contribution in [3.05, 3.63) is 28.9 Å². The van der Waals surface area contributed by atoms with E-state index < -0.39 is 10.0 Å². The Bertz CT molecular complexity index is 657. The van der Waals surface area contributed by atoms with Crippen molar-refractivity contribution in [1.29, 1.82) is 0 Å². The van der Waals surface area contributed by atoms with E-state index in [1.165, 1.54) is 6.07 Å². The number of hydrogen-bond acceptors (Lipinski definition) is 5. The molecule has 0 unspecified atom stereocenters. The molecule has 0 fully saturated rings. The number of anilines is 1. The fraction of sp³-hybridized carbons (Fsp3) is 0.300. The Morgan fingerprint density at radius 3 is 2.78 bits per heavy atom. The second-order valence-corrected chi connectivity index (χ2v) is 6.84. The summed E-state index contributed by atoms with van der Waals surface area (Å²) in [5, 5.41) is 5.75. The van der Waals surface area contributed by atoms with Crippen LogP contribution in [0, 0.1) is 6.92 Å². The maximum atomic E-state index is 12.0. The van der Waals surface area contributed by atoms with Crippen LogP contribution in [0.15, 0.2) is 21.9 Å². The smallest absolute Gasteiger partial charge is 0.250 e. The Morgan fingerprint density at radius 1 is 1.56 bits per heavy atom. The highest BCUT2D eigenvalue weighted by Crippen LogP contribution is 2.21. The molecule has 0 aliphatic rings. The van der Waals surface area contributed by atoms with Crippen LogP contribution in [0.2, 0.25) is 0 Å². The molecule has 0 atom stereocenters. The summed E-state index contributed by atoms with van der Waals surface area (Å²) in [5.41, 5.74) is 7.63. The highest BCUT2D eigenvalue weighted by atomic mass is 32.2. The van der Waals surface area contributed by atoms with Crippen LogP contribution in [0.3, 0.4) is 0 Å². The second kappa shape index (κ2) is 4.71. The van der Waals surface area contributed by atoms with Gasteiger partial charge < -0.3 is 5.73 Å². The van der Waals surface area contributed by atoms with E-state index in [1.807, 2.05) is 6.92 Å². The molecular weight excluding hydrogens is 272 g/mol. The molecule has 0 saturated carbocycles. The first kappa shape index (κ1) is 13.1. The molecule has 0 aliphatic heterocycles. The molecule has 2 rings (SSSR count). The van der Waals surface area contributed by atoms with Crippen LogP contribution in [-0.4, -0.2) is 18.2 Å². The van der Waals surface area contributed by atoms with Gasteiger partial charge >= 0.3 is 0 Å². The molecule has 0 aromatic carbocycles. The van der Waals surface area contributed by atoms with Gasteiger partial charge in [0.25, 0.3) is 0 Å². The standard InChI is InChI=1S/C10H14N4O2S2/c1-7-8(5-14(2)13-7)4-12-18(15,16)10-3-9(11)6-17-10/h3,5-6,12H,4,11H2,1-2H3. The molecule has 2 aromatic rings. The summed E-state index contributed by atoms with van der Waals surface area (Å²) in [6.07, 6.45) is 1.79. The molecule has 0 bridgehead atoms. The van der Waals surface area contributed by atoms with E-state index in [0.717, 1.165) is 22.6 Å². The summed E-state index contributed by atoms with van der Waals surface area (Å²) in [7, 11) is -1.70. The summed E-state index contributed by atoms with van der Waals surface area (Å²) in [6, 6.07) is 1.45. The second-order valence-electron chi connectivity index (χ2n) is 3.94. The van der Waals surface area contributed by atoms with Crippen LogP contribution in [0.5, 0.6) is 0 Å². The first-order chi connectivity index (χ1) is 8.38. The van der Waals surface area contributed by atoms with E-state index in [1.54, 1.807) is 23.3 Å². The lowest BCUT2D eigenvalue weighted by Crippen LogP contribution is -2.22. The van der Waals surface area contributed by atoms with Crippen molar-refractivity contribution < 1.29 is 8.42 Å². The van der Waals surface area contributed by atoms with E-state index in [0.29, 0.717) is 5.69 Å². The summed E-state index contributed by atoms with van der Waals surface area (Å²) >= 11 is 1.10. The van der Waals surface area contributed by atoms with Gasteiger partial charge in [0.2, 0.25) is 10.0 Å². The van der Waals surface area contributed by atoms with Crippen molar-refractivity contribution in [1.82, 2.24) is 14.5 Å². The molecule has 0 spiro atoms. The van der Waals surface area contributed by atoms with Crippen molar-refractivity contribution in [2.75, 3.05) is 5.73 Å². The molecule has 0 aliphatic carbocycles. The Labute approximate surface area is 109 Å². The van der Waals surface area contributed by atoms with Gasteiger partial charge in [-0.1, -0.05) is 0 Å². The van der Waals surface area contributed by atoms with Crippen LogP contribution < -0.4 is 10.5 Å².